The fourth-order valence-electron chi connectivity index (χ4n) is 1.72. The summed E-state index contributed by atoms with van der Waals surface area (Å²) in [5, 5.41) is 7.81. The average molecular weight is 341 g/mol. The van der Waals surface area contributed by atoms with E-state index in [1.54, 1.807) is 18.2 Å². The minimum Gasteiger partial charge on any atom is -0.325 e. The van der Waals surface area contributed by atoms with Crippen LogP contribution in [0.3, 0.4) is 0 Å². The van der Waals surface area contributed by atoms with Gasteiger partial charge >= 0.3 is 0 Å². The van der Waals surface area contributed by atoms with Crippen molar-refractivity contribution >= 4 is 57.9 Å². The molecule has 1 aromatic carbocycles. The molecule has 2 N–H and O–H groups in total. The van der Waals surface area contributed by atoms with E-state index in [-0.39, 0.29) is 11.8 Å². The highest BCUT2D eigenvalue weighted by atomic mass is 35.5. The zero-order chi connectivity index (χ0) is 15.4. The van der Waals surface area contributed by atoms with Gasteiger partial charge in [0.05, 0.1) is 11.4 Å². The number of nitrogens with one attached hydrogen (secondary N) is 2. The average Bonchev–Trinajstić information content (AvgIpc) is 2.90. The lowest BCUT2D eigenvalue weighted by Crippen LogP contribution is -2.14. The standard InChI is InChI=1S/C14H13ClN2O2S2/c1-8(18)16-10-4-3-9(15)7-11(10)17-14(19)13-12(20-2)5-6-21-13/h3-7H,1-2H3,(H,16,18)(H,17,19). The Labute approximate surface area is 135 Å². The van der Waals surface area contributed by atoms with E-state index in [9.17, 15) is 9.59 Å². The summed E-state index contributed by atoms with van der Waals surface area (Å²) in [6.45, 7) is 1.41. The zero-order valence-corrected chi connectivity index (χ0v) is 13.8. The summed E-state index contributed by atoms with van der Waals surface area (Å²) >= 11 is 8.84. The molecular weight excluding hydrogens is 328 g/mol. The Balaban J connectivity index is 2.28. The Hall–Kier alpha value is -1.50. The summed E-state index contributed by atoms with van der Waals surface area (Å²) in [5.74, 6) is -0.433. The number of thiophene rings is 1. The van der Waals surface area contributed by atoms with Crippen LogP contribution in [-0.2, 0) is 4.79 Å². The molecule has 1 aromatic heterocycles. The molecular formula is C14H13ClN2O2S2. The molecule has 0 unspecified atom stereocenters. The van der Waals surface area contributed by atoms with Crippen LogP contribution in [0.25, 0.3) is 0 Å². The van der Waals surface area contributed by atoms with Crippen molar-refractivity contribution in [3.63, 3.8) is 0 Å². The van der Waals surface area contributed by atoms with Gasteiger partial charge in [-0.3, -0.25) is 9.59 Å². The van der Waals surface area contributed by atoms with Crippen LogP contribution < -0.4 is 10.6 Å². The number of carbonyl (C=O) groups excluding carboxylic acids is 2. The molecule has 110 valence electrons. The number of halogens is 1. The van der Waals surface area contributed by atoms with E-state index in [0.717, 1.165) is 4.90 Å². The second-order valence-corrected chi connectivity index (χ2v) is 6.34. The quantitative estimate of drug-likeness (QED) is 0.814. The maximum absolute atomic E-state index is 12.3. The molecule has 0 aliphatic rings. The van der Waals surface area contributed by atoms with E-state index < -0.39 is 0 Å². The largest absolute Gasteiger partial charge is 0.325 e. The van der Waals surface area contributed by atoms with Gasteiger partial charge in [0.1, 0.15) is 4.88 Å². The van der Waals surface area contributed by atoms with Gasteiger partial charge in [-0.2, -0.15) is 0 Å². The summed E-state index contributed by atoms with van der Waals surface area (Å²) in [6, 6.07) is 6.82. The molecule has 1 heterocycles. The first-order chi connectivity index (χ1) is 10.0. The van der Waals surface area contributed by atoms with Crippen molar-refractivity contribution in [2.75, 3.05) is 16.9 Å². The molecule has 0 spiro atoms. The first-order valence-electron chi connectivity index (χ1n) is 6.01. The van der Waals surface area contributed by atoms with E-state index in [1.807, 2.05) is 17.7 Å². The van der Waals surface area contributed by atoms with Crippen molar-refractivity contribution in [1.82, 2.24) is 0 Å². The highest BCUT2D eigenvalue weighted by Gasteiger charge is 2.15. The molecule has 2 amide bonds. The van der Waals surface area contributed by atoms with Crippen LogP contribution in [0.4, 0.5) is 11.4 Å². The monoisotopic (exact) mass is 340 g/mol. The predicted molar refractivity (Wildman–Crippen MR) is 89.8 cm³/mol. The van der Waals surface area contributed by atoms with Crippen LogP contribution in [-0.4, -0.2) is 18.1 Å². The van der Waals surface area contributed by atoms with E-state index in [4.69, 9.17) is 11.6 Å². The van der Waals surface area contributed by atoms with Gasteiger partial charge in [-0.05, 0) is 35.9 Å². The third-order valence-corrected chi connectivity index (χ3v) is 4.65. The van der Waals surface area contributed by atoms with Gasteiger partial charge < -0.3 is 10.6 Å². The predicted octanol–water partition coefficient (Wildman–Crippen LogP) is 4.33. The third-order valence-electron chi connectivity index (χ3n) is 2.60. The maximum atomic E-state index is 12.3. The number of anilines is 2. The van der Waals surface area contributed by atoms with Crippen molar-refractivity contribution in [2.24, 2.45) is 0 Å². The number of thioether (sulfide) groups is 1. The van der Waals surface area contributed by atoms with Crippen LogP contribution in [0.1, 0.15) is 16.6 Å². The summed E-state index contributed by atoms with van der Waals surface area (Å²) in [5.41, 5.74) is 0.991. The van der Waals surface area contributed by atoms with Gasteiger partial charge in [-0.1, -0.05) is 11.6 Å². The van der Waals surface area contributed by atoms with Crippen molar-refractivity contribution in [2.45, 2.75) is 11.8 Å². The van der Waals surface area contributed by atoms with Crippen LogP contribution in [0.2, 0.25) is 5.02 Å². The Morgan fingerprint density at radius 2 is 1.95 bits per heavy atom. The topological polar surface area (TPSA) is 58.2 Å². The zero-order valence-electron chi connectivity index (χ0n) is 11.4. The third kappa shape index (κ3) is 4.00. The molecule has 0 fully saturated rings. The molecule has 0 aliphatic heterocycles. The fourth-order valence-corrected chi connectivity index (χ4v) is 3.54. The number of benzene rings is 1. The molecule has 4 nitrogen and oxygen atoms in total. The first kappa shape index (κ1) is 15.9. The van der Waals surface area contributed by atoms with Gasteiger partial charge in [0, 0.05) is 16.8 Å². The van der Waals surface area contributed by atoms with E-state index in [2.05, 4.69) is 10.6 Å². The molecule has 2 aromatic rings. The highest BCUT2D eigenvalue weighted by Crippen LogP contribution is 2.29. The minimum atomic E-state index is -0.219. The molecule has 21 heavy (non-hydrogen) atoms. The lowest BCUT2D eigenvalue weighted by atomic mass is 10.2. The van der Waals surface area contributed by atoms with Crippen LogP contribution >= 0.6 is 34.7 Å². The highest BCUT2D eigenvalue weighted by molar-refractivity contribution is 7.98. The SMILES string of the molecule is CSc1ccsc1C(=O)Nc1cc(Cl)ccc1NC(C)=O. The van der Waals surface area contributed by atoms with Gasteiger partial charge in [0.15, 0.2) is 0 Å². The minimum absolute atomic E-state index is 0.214. The lowest BCUT2D eigenvalue weighted by molar-refractivity contribution is -0.114. The molecule has 0 bridgehead atoms. The van der Waals surface area contributed by atoms with Crippen molar-refractivity contribution in [1.29, 1.82) is 0 Å². The Bertz CT molecular complexity index is 685. The maximum Gasteiger partial charge on any atom is 0.266 e. The van der Waals surface area contributed by atoms with Gasteiger partial charge in [0.25, 0.3) is 5.91 Å². The van der Waals surface area contributed by atoms with Crippen molar-refractivity contribution in [3.05, 3.63) is 39.5 Å². The number of carbonyl (C=O) groups is 2. The number of hydrogen-bond donors (Lipinski definition) is 2. The van der Waals surface area contributed by atoms with E-state index >= 15 is 0 Å². The number of amides is 2. The van der Waals surface area contributed by atoms with E-state index in [0.29, 0.717) is 21.3 Å². The fraction of sp³-hybridized carbons (Fsp3) is 0.143. The number of hydrogen-bond acceptors (Lipinski definition) is 4. The van der Waals surface area contributed by atoms with Gasteiger partial charge in [0.2, 0.25) is 5.91 Å². The summed E-state index contributed by atoms with van der Waals surface area (Å²) in [4.78, 5) is 25.1. The lowest BCUT2D eigenvalue weighted by Gasteiger charge is -2.12. The smallest absolute Gasteiger partial charge is 0.266 e. The van der Waals surface area contributed by atoms with Crippen LogP contribution in [0.15, 0.2) is 34.5 Å². The Morgan fingerprint density at radius 3 is 2.62 bits per heavy atom. The second-order valence-electron chi connectivity index (χ2n) is 4.14. The second kappa shape index (κ2) is 6.98. The molecule has 0 saturated heterocycles. The summed E-state index contributed by atoms with van der Waals surface area (Å²) < 4.78 is 0. The molecule has 7 heteroatoms. The normalized spacial score (nSPS) is 10.2. The summed E-state index contributed by atoms with van der Waals surface area (Å²) in [7, 11) is 0. The number of rotatable bonds is 4. The molecule has 0 radical (unpaired) electrons. The van der Waals surface area contributed by atoms with Crippen LogP contribution in [0, 0.1) is 0 Å². The van der Waals surface area contributed by atoms with E-state index in [1.165, 1.54) is 30.0 Å². The van der Waals surface area contributed by atoms with Crippen molar-refractivity contribution in [3.8, 4) is 0 Å². The van der Waals surface area contributed by atoms with Gasteiger partial charge in [-0.15, -0.1) is 23.1 Å². The molecule has 0 aliphatic carbocycles. The van der Waals surface area contributed by atoms with Gasteiger partial charge in [-0.25, -0.2) is 0 Å². The Kier molecular flexibility index (Phi) is 5.27. The van der Waals surface area contributed by atoms with Crippen molar-refractivity contribution < 1.29 is 9.59 Å². The van der Waals surface area contributed by atoms with Crippen LogP contribution in [0.5, 0.6) is 0 Å². The Morgan fingerprint density at radius 1 is 1.19 bits per heavy atom. The molecule has 2 rings (SSSR count). The first-order valence-corrected chi connectivity index (χ1v) is 8.49. The molecule has 0 atom stereocenters. The summed E-state index contributed by atoms with van der Waals surface area (Å²) in [6.07, 6.45) is 1.92. The molecule has 0 saturated carbocycles.